The summed E-state index contributed by atoms with van der Waals surface area (Å²) in [4.78, 5) is 33.1. The minimum absolute atomic E-state index is 0.0208. The van der Waals surface area contributed by atoms with E-state index in [-0.39, 0.29) is 17.0 Å². The molecule has 37 heavy (non-hydrogen) atoms. The summed E-state index contributed by atoms with van der Waals surface area (Å²) in [6.45, 7) is 9.45. The van der Waals surface area contributed by atoms with Crippen molar-refractivity contribution in [1.29, 1.82) is 0 Å². The van der Waals surface area contributed by atoms with E-state index < -0.39 is 5.97 Å². The van der Waals surface area contributed by atoms with Crippen LogP contribution in [0.2, 0.25) is 0 Å². The van der Waals surface area contributed by atoms with Crippen molar-refractivity contribution < 1.29 is 29.3 Å². The third kappa shape index (κ3) is 8.18. The zero-order valence-corrected chi connectivity index (χ0v) is 22.4. The SMILES string of the molecule is C=CC(=O)O.CCCc1c(OCCCOc2ccc3c(=O)ccsc3c2CCC)ccc(C(C)=O)c1O. The lowest BCUT2D eigenvalue weighted by Crippen LogP contribution is -2.08. The molecule has 0 bridgehead atoms. The summed E-state index contributed by atoms with van der Waals surface area (Å²) in [7, 11) is 0. The molecule has 2 N–H and O–H groups in total. The molecule has 1 aromatic heterocycles. The van der Waals surface area contributed by atoms with Crippen molar-refractivity contribution in [3.63, 3.8) is 0 Å². The summed E-state index contributed by atoms with van der Waals surface area (Å²) < 4.78 is 13.0. The maximum absolute atomic E-state index is 12.1. The molecule has 0 aliphatic heterocycles. The molecule has 0 spiro atoms. The molecule has 0 saturated heterocycles. The Morgan fingerprint density at radius 2 is 1.54 bits per heavy atom. The van der Waals surface area contributed by atoms with Gasteiger partial charge in [0.25, 0.3) is 0 Å². The average molecular weight is 527 g/mol. The molecule has 3 aromatic rings. The first-order chi connectivity index (χ1) is 17.7. The summed E-state index contributed by atoms with van der Waals surface area (Å²) in [6.07, 6.45) is 4.79. The fourth-order valence-corrected chi connectivity index (χ4v) is 4.73. The number of aliphatic carboxylic acids is 1. The van der Waals surface area contributed by atoms with Crippen molar-refractivity contribution in [1.82, 2.24) is 0 Å². The molecule has 2 aromatic carbocycles. The highest BCUT2D eigenvalue weighted by Crippen LogP contribution is 2.33. The molecular weight excluding hydrogens is 492 g/mol. The van der Waals surface area contributed by atoms with Gasteiger partial charge in [0.05, 0.1) is 18.8 Å². The molecule has 8 heteroatoms. The molecular formula is C29H34O7S. The number of carboxylic acids is 1. The van der Waals surface area contributed by atoms with E-state index in [4.69, 9.17) is 14.6 Å². The Bertz CT molecular complexity index is 1290. The molecule has 0 amide bonds. The lowest BCUT2D eigenvalue weighted by Gasteiger charge is -2.16. The van der Waals surface area contributed by atoms with E-state index in [1.165, 1.54) is 6.92 Å². The number of hydrogen-bond donors (Lipinski definition) is 2. The first kappa shape index (κ1) is 29.6. The molecule has 7 nitrogen and oxygen atoms in total. The summed E-state index contributed by atoms with van der Waals surface area (Å²) >= 11 is 1.57. The van der Waals surface area contributed by atoms with Gasteiger partial charge >= 0.3 is 5.97 Å². The van der Waals surface area contributed by atoms with Crippen molar-refractivity contribution in [2.45, 2.75) is 52.9 Å². The highest BCUT2D eigenvalue weighted by molar-refractivity contribution is 7.16. The monoisotopic (exact) mass is 526 g/mol. The predicted octanol–water partition coefficient (Wildman–Crippen LogP) is 6.18. The van der Waals surface area contributed by atoms with E-state index in [9.17, 15) is 19.5 Å². The standard InChI is InChI=1S/C26H30O5S.C3H4O2/c1-4-7-20-23(11-9-18(17(3)27)25(20)29)30-14-6-15-31-24-12-10-19-22(28)13-16-32-26(19)21(24)8-5-2;1-2-3(4)5/h9-13,16,29H,4-8,14-15H2,1-3H3;2H,1H2,(H,4,5). The number of carboxylic acid groups (broad SMARTS) is 1. The van der Waals surface area contributed by atoms with Gasteiger partial charge in [-0.1, -0.05) is 33.3 Å². The van der Waals surface area contributed by atoms with Gasteiger partial charge in [0.1, 0.15) is 17.2 Å². The summed E-state index contributed by atoms with van der Waals surface area (Å²) in [5.74, 6) is 0.299. The van der Waals surface area contributed by atoms with E-state index in [2.05, 4.69) is 13.5 Å². The fraction of sp³-hybridized carbons (Fsp3) is 0.345. The predicted molar refractivity (Wildman–Crippen MR) is 148 cm³/mol. The molecule has 1 heterocycles. The van der Waals surface area contributed by atoms with Crippen LogP contribution in [0.3, 0.4) is 0 Å². The highest BCUT2D eigenvalue weighted by Gasteiger charge is 2.16. The number of hydrogen-bond acceptors (Lipinski definition) is 7. The Morgan fingerprint density at radius 1 is 0.973 bits per heavy atom. The molecule has 0 radical (unpaired) electrons. The summed E-state index contributed by atoms with van der Waals surface area (Å²) in [5.41, 5.74) is 2.13. The molecule has 3 rings (SSSR count). The first-order valence-electron chi connectivity index (χ1n) is 12.2. The van der Waals surface area contributed by atoms with Crippen LogP contribution in [-0.2, 0) is 17.6 Å². The smallest absolute Gasteiger partial charge is 0.327 e. The van der Waals surface area contributed by atoms with E-state index >= 15 is 0 Å². The Hall–Kier alpha value is -3.65. The molecule has 0 aliphatic carbocycles. The fourth-order valence-electron chi connectivity index (χ4n) is 3.77. The maximum Gasteiger partial charge on any atom is 0.327 e. The Kier molecular flexibility index (Phi) is 11.8. The van der Waals surface area contributed by atoms with Crippen LogP contribution in [0.5, 0.6) is 17.2 Å². The van der Waals surface area contributed by atoms with Gasteiger partial charge in [-0.15, -0.1) is 11.3 Å². The van der Waals surface area contributed by atoms with Crippen molar-refractivity contribution in [3.8, 4) is 17.2 Å². The normalized spacial score (nSPS) is 10.4. The lowest BCUT2D eigenvalue weighted by molar-refractivity contribution is -0.131. The van der Waals surface area contributed by atoms with Crippen LogP contribution >= 0.6 is 11.3 Å². The third-order valence-electron chi connectivity index (χ3n) is 5.49. The average Bonchev–Trinajstić information content (AvgIpc) is 2.87. The number of phenols is 1. The molecule has 0 aliphatic rings. The van der Waals surface area contributed by atoms with Crippen molar-refractivity contribution >= 4 is 33.2 Å². The van der Waals surface area contributed by atoms with Gasteiger partial charge in [0, 0.05) is 33.7 Å². The van der Waals surface area contributed by atoms with Crippen LogP contribution in [0.25, 0.3) is 10.1 Å². The van der Waals surface area contributed by atoms with Crippen LogP contribution in [0.4, 0.5) is 0 Å². The second-order valence-electron chi connectivity index (χ2n) is 8.29. The zero-order valence-electron chi connectivity index (χ0n) is 21.5. The van der Waals surface area contributed by atoms with E-state index in [0.717, 1.165) is 46.7 Å². The van der Waals surface area contributed by atoms with Crippen LogP contribution in [0.15, 0.2) is 53.2 Å². The number of rotatable bonds is 12. The number of benzene rings is 2. The maximum atomic E-state index is 12.1. The van der Waals surface area contributed by atoms with E-state index in [0.29, 0.717) is 42.9 Å². The second-order valence-corrected chi connectivity index (χ2v) is 9.21. The van der Waals surface area contributed by atoms with Crippen molar-refractivity contribution in [3.05, 3.63) is 75.3 Å². The molecule has 0 unspecified atom stereocenters. The summed E-state index contributed by atoms with van der Waals surface area (Å²) in [6, 6.07) is 8.71. The number of carbonyl (C=O) groups is 2. The summed E-state index contributed by atoms with van der Waals surface area (Å²) in [5, 5.41) is 20.6. The number of fused-ring (bicyclic) bond motifs is 1. The topological polar surface area (TPSA) is 110 Å². The number of ether oxygens (including phenoxy) is 2. The van der Waals surface area contributed by atoms with E-state index in [1.54, 1.807) is 29.5 Å². The van der Waals surface area contributed by atoms with Gasteiger partial charge in [-0.2, -0.15) is 0 Å². The van der Waals surface area contributed by atoms with Crippen LogP contribution in [-0.4, -0.2) is 35.2 Å². The number of ketones is 1. The van der Waals surface area contributed by atoms with Gasteiger partial charge in [-0.05, 0) is 55.5 Å². The Labute approximate surface area is 221 Å². The van der Waals surface area contributed by atoms with Gasteiger partial charge < -0.3 is 19.7 Å². The van der Waals surface area contributed by atoms with Gasteiger partial charge in [-0.3, -0.25) is 9.59 Å². The lowest BCUT2D eigenvalue weighted by atomic mass is 10.0. The Balaban J connectivity index is 0.000000877. The van der Waals surface area contributed by atoms with E-state index in [1.807, 2.05) is 24.4 Å². The van der Waals surface area contributed by atoms with Crippen LogP contribution < -0.4 is 14.9 Å². The first-order valence-corrected chi connectivity index (χ1v) is 13.1. The van der Waals surface area contributed by atoms with Crippen molar-refractivity contribution in [2.24, 2.45) is 0 Å². The number of phenolic OH excluding ortho intramolecular Hbond substituents is 1. The zero-order chi connectivity index (χ0) is 27.4. The van der Waals surface area contributed by atoms with Gasteiger partial charge in [-0.25, -0.2) is 4.79 Å². The van der Waals surface area contributed by atoms with Gasteiger partial charge in [0.2, 0.25) is 0 Å². The minimum Gasteiger partial charge on any atom is -0.507 e. The Morgan fingerprint density at radius 3 is 2.11 bits per heavy atom. The van der Waals surface area contributed by atoms with Crippen LogP contribution in [0.1, 0.15) is 61.5 Å². The molecule has 0 saturated carbocycles. The molecule has 0 fully saturated rings. The van der Waals surface area contributed by atoms with Crippen molar-refractivity contribution in [2.75, 3.05) is 13.2 Å². The number of Topliss-reactive ketones (excluding diaryl/α,β-unsaturated/α-hetero) is 1. The minimum atomic E-state index is -0.981. The highest BCUT2D eigenvalue weighted by atomic mass is 32.1. The molecule has 198 valence electrons. The largest absolute Gasteiger partial charge is 0.507 e. The number of carbonyl (C=O) groups excluding carboxylic acids is 1. The quantitative estimate of drug-likeness (QED) is 0.165. The molecule has 0 atom stereocenters. The van der Waals surface area contributed by atoms with Gasteiger partial charge in [0.15, 0.2) is 11.2 Å². The second kappa shape index (κ2) is 14.8. The van der Waals surface area contributed by atoms with Crippen LogP contribution in [0, 0.1) is 0 Å². The third-order valence-corrected chi connectivity index (χ3v) is 6.46. The number of aromatic hydroxyl groups is 1. The number of aryl methyl sites for hydroxylation is 1.